The minimum atomic E-state index is -0.452. The van der Waals surface area contributed by atoms with Gasteiger partial charge in [0.2, 0.25) is 0 Å². The number of nitrogens with one attached hydrogen (secondary N) is 1. The number of rotatable bonds is 7. The molecule has 168 valence electrons. The van der Waals surface area contributed by atoms with E-state index in [9.17, 15) is 10.1 Å². The summed E-state index contributed by atoms with van der Waals surface area (Å²) in [4.78, 5) is 13.0. The van der Waals surface area contributed by atoms with Crippen LogP contribution in [0.25, 0.3) is 16.8 Å². The number of carbonyl (C=O) groups is 1. The molecular weight excluding hydrogens is 488 g/mol. The molecule has 0 aliphatic rings. The zero-order valence-electron chi connectivity index (χ0n) is 18.7. The Balaban J connectivity index is 1.71. The zero-order chi connectivity index (χ0) is 23.9. The van der Waals surface area contributed by atoms with Gasteiger partial charge >= 0.3 is 0 Å². The van der Waals surface area contributed by atoms with Crippen LogP contribution in [-0.2, 0) is 11.2 Å². The Hall–Kier alpha value is -3.88. The predicted molar refractivity (Wildman–Crippen MR) is 141 cm³/mol. The maximum atomic E-state index is 13.0. The minimum absolute atomic E-state index is 0.0404. The summed E-state index contributed by atoms with van der Waals surface area (Å²) in [7, 11) is 0. The van der Waals surface area contributed by atoms with Crippen molar-refractivity contribution in [3.8, 4) is 11.8 Å². The Labute approximate surface area is 207 Å². The maximum absolute atomic E-state index is 13.0. The average Bonchev–Trinajstić information content (AvgIpc) is 2.86. The molecule has 0 aliphatic heterocycles. The topological polar surface area (TPSA) is 62.1 Å². The number of benzene rings is 4. The lowest BCUT2D eigenvalue weighted by molar-refractivity contribution is -0.112. The smallest absolute Gasteiger partial charge is 0.266 e. The number of ether oxygens (including phenoxy) is 1. The van der Waals surface area contributed by atoms with Crippen LogP contribution in [-0.4, -0.2) is 12.5 Å². The zero-order valence-corrected chi connectivity index (χ0v) is 20.3. The summed E-state index contributed by atoms with van der Waals surface area (Å²) in [6.45, 7) is 2.48. The highest BCUT2D eigenvalue weighted by molar-refractivity contribution is 9.10. The number of carbonyl (C=O) groups excluding carboxylic acids is 1. The third kappa shape index (κ3) is 5.36. The van der Waals surface area contributed by atoms with E-state index >= 15 is 0 Å². The van der Waals surface area contributed by atoms with Crippen molar-refractivity contribution in [1.29, 1.82) is 5.26 Å². The fourth-order valence-electron chi connectivity index (χ4n) is 3.80. The Morgan fingerprint density at radius 3 is 2.44 bits per heavy atom. The molecule has 1 N–H and O–H groups in total. The molecule has 0 heterocycles. The van der Waals surface area contributed by atoms with Crippen LogP contribution < -0.4 is 10.1 Å². The molecule has 4 aromatic carbocycles. The summed E-state index contributed by atoms with van der Waals surface area (Å²) < 4.78 is 6.47. The van der Waals surface area contributed by atoms with Crippen molar-refractivity contribution in [1.82, 2.24) is 0 Å². The van der Waals surface area contributed by atoms with Crippen LogP contribution in [0.3, 0.4) is 0 Å². The van der Waals surface area contributed by atoms with Crippen molar-refractivity contribution in [3.63, 3.8) is 0 Å². The molecule has 0 saturated carbocycles. The molecule has 0 unspecified atom stereocenters. The molecule has 4 aromatic rings. The highest BCUT2D eigenvalue weighted by atomic mass is 79.9. The van der Waals surface area contributed by atoms with Gasteiger partial charge in [-0.15, -0.1) is 0 Å². The molecule has 4 rings (SSSR count). The second kappa shape index (κ2) is 10.8. The van der Waals surface area contributed by atoms with Crippen molar-refractivity contribution in [3.05, 3.63) is 112 Å². The number of nitrogens with zero attached hydrogens (tertiary/aromatic N) is 1. The van der Waals surface area contributed by atoms with Crippen molar-refractivity contribution >= 4 is 44.4 Å². The van der Waals surface area contributed by atoms with E-state index in [2.05, 4.69) is 45.5 Å². The van der Waals surface area contributed by atoms with E-state index in [1.54, 1.807) is 30.3 Å². The summed E-state index contributed by atoms with van der Waals surface area (Å²) in [5.74, 6) is 0.274. The van der Waals surface area contributed by atoms with Gasteiger partial charge in [0.05, 0.1) is 6.61 Å². The predicted octanol–water partition coefficient (Wildman–Crippen LogP) is 7.14. The van der Waals surface area contributed by atoms with Crippen LogP contribution in [0.2, 0.25) is 0 Å². The number of hydrogen-bond donors (Lipinski definition) is 1. The van der Waals surface area contributed by atoms with Gasteiger partial charge in [-0.3, -0.25) is 4.79 Å². The molecule has 0 fully saturated rings. The molecule has 34 heavy (non-hydrogen) atoms. The van der Waals surface area contributed by atoms with E-state index in [-0.39, 0.29) is 5.57 Å². The van der Waals surface area contributed by atoms with E-state index in [1.165, 1.54) is 0 Å². The number of halogens is 1. The van der Waals surface area contributed by atoms with Gasteiger partial charge in [0.25, 0.3) is 5.91 Å². The number of amides is 1. The van der Waals surface area contributed by atoms with Gasteiger partial charge in [0.15, 0.2) is 0 Å². The summed E-state index contributed by atoms with van der Waals surface area (Å²) >= 11 is 3.63. The summed E-state index contributed by atoms with van der Waals surface area (Å²) in [6, 6.07) is 29.4. The number of anilines is 1. The average molecular weight is 511 g/mol. The lowest BCUT2D eigenvalue weighted by Gasteiger charge is -2.13. The van der Waals surface area contributed by atoms with E-state index in [0.29, 0.717) is 18.7 Å². The van der Waals surface area contributed by atoms with Crippen LogP contribution >= 0.6 is 15.9 Å². The molecule has 0 aromatic heterocycles. The van der Waals surface area contributed by atoms with Crippen LogP contribution in [0.5, 0.6) is 5.75 Å². The second-order valence-electron chi connectivity index (χ2n) is 7.71. The van der Waals surface area contributed by atoms with E-state index in [1.807, 2.05) is 49.4 Å². The Kier molecular flexibility index (Phi) is 7.41. The van der Waals surface area contributed by atoms with Crippen molar-refractivity contribution in [2.45, 2.75) is 13.3 Å². The monoisotopic (exact) mass is 510 g/mol. The Morgan fingerprint density at radius 1 is 0.971 bits per heavy atom. The quantitative estimate of drug-likeness (QED) is 0.212. The van der Waals surface area contributed by atoms with Crippen LogP contribution in [0.15, 0.2) is 95.0 Å². The molecule has 4 nitrogen and oxygen atoms in total. The Morgan fingerprint density at radius 2 is 1.71 bits per heavy atom. The fraction of sp³-hybridized carbons (Fsp3) is 0.103. The van der Waals surface area contributed by atoms with Crippen LogP contribution in [0, 0.1) is 11.3 Å². The van der Waals surface area contributed by atoms with E-state index in [4.69, 9.17) is 4.74 Å². The van der Waals surface area contributed by atoms with Crippen LogP contribution in [0.4, 0.5) is 5.69 Å². The van der Waals surface area contributed by atoms with Gasteiger partial charge in [-0.25, -0.2) is 0 Å². The molecular formula is C29H23BrN2O2. The second-order valence-corrected chi connectivity index (χ2v) is 8.56. The first-order valence-electron chi connectivity index (χ1n) is 11.0. The normalized spacial score (nSPS) is 11.1. The summed E-state index contributed by atoms with van der Waals surface area (Å²) in [5.41, 5.74) is 3.67. The molecule has 0 saturated heterocycles. The molecule has 0 spiro atoms. The van der Waals surface area contributed by atoms with Gasteiger partial charge in [-0.1, -0.05) is 70.5 Å². The SMILES string of the molecule is CCOc1ccc(NC(=O)/C(C#N)=C/c2c(Cc3ccccc3Br)ccc3ccccc23)cc1. The van der Waals surface area contributed by atoms with E-state index in [0.717, 1.165) is 37.7 Å². The molecule has 0 aliphatic carbocycles. The fourth-order valence-corrected chi connectivity index (χ4v) is 4.23. The lowest BCUT2D eigenvalue weighted by Crippen LogP contribution is -2.13. The third-order valence-corrected chi connectivity index (χ3v) is 6.25. The van der Waals surface area contributed by atoms with E-state index < -0.39 is 5.91 Å². The number of fused-ring (bicyclic) bond motifs is 1. The molecule has 1 amide bonds. The van der Waals surface area contributed by atoms with Gasteiger partial charge in [0, 0.05) is 10.2 Å². The number of nitriles is 1. The van der Waals surface area contributed by atoms with Gasteiger partial charge in [-0.05, 0) is 77.2 Å². The summed E-state index contributed by atoms with van der Waals surface area (Å²) in [6.07, 6.45) is 2.36. The summed E-state index contributed by atoms with van der Waals surface area (Å²) in [5, 5.41) is 14.7. The van der Waals surface area contributed by atoms with Crippen molar-refractivity contribution < 1.29 is 9.53 Å². The first-order valence-corrected chi connectivity index (χ1v) is 11.8. The minimum Gasteiger partial charge on any atom is -0.494 e. The van der Waals surface area contributed by atoms with Gasteiger partial charge < -0.3 is 10.1 Å². The standard InChI is InChI=1S/C29H23BrN2O2/c1-2-34-25-15-13-24(14-16-25)32-29(33)23(19-31)18-27-21(17-22-8-4-6-10-28(22)30)12-11-20-7-3-5-9-26(20)27/h3-16,18H,2,17H2,1H3,(H,32,33)/b23-18+. The Bertz CT molecular complexity index is 1400. The lowest BCUT2D eigenvalue weighted by atomic mass is 9.93. The van der Waals surface area contributed by atoms with Crippen LogP contribution in [0.1, 0.15) is 23.6 Å². The third-order valence-electron chi connectivity index (χ3n) is 5.48. The highest BCUT2D eigenvalue weighted by Gasteiger charge is 2.14. The largest absolute Gasteiger partial charge is 0.494 e. The maximum Gasteiger partial charge on any atom is 0.266 e. The van der Waals surface area contributed by atoms with Crippen molar-refractivity contribution in [2.75, 3.05) is 11.9 Å². The first-order chi connectivity index (χ1) is 16.6. The molecule has 0 bridgehead atoms. The molecule has 0 atom stereocenters. The molecule has 0 radical (unpaired) electrons. The highest BCUT2D eigenvalue weighted by Crippen LogP contribution is 2.29. The van der Waals surface area contributed by atoms with Gasteiger partial charge in [-0.2, -0.15) is 5.26 Å². The molecule has 5 heteroatoms. The first kappa shape index (κ1) is 23.3. The van der Waals surface area contributed by atoms with Crippen molar-refractivity contribution in [2.24, 2.45) is 0 Å². The van der Waals surface area contributed by atoms with Gasteiger partial charge in [0.1, 0.15) is 17.4 Å². The number of hydrogen-bond acceptors (Lipinski definition) is 3.